The SMILES string of the molecule is CCCCNC(=O)CC[C@H](NC(=O)[C@@H]1CCCN1S(=O)(=O)c1ccc(C)cc1)C(=O)O. The van der Waals surface area contributed by atoms with Gasteiger partial charge in [-0.3, -0.25) is 9.59 Å². The molecule has 0 aliphatic carbocycles. The van der Waals surface area contributed by atoms with Crippen LogP contribution in [0.1, 0.15) is 51.0 Å². The van der Waals surface area contributed by atoms with E-state index in [0.717, 1.165) is 22.7 Å². The van der Waals surface area contributed by atoms with Gasteiger partial charge in [-0.25, -0.2) is 13.2 Å². The maximum Gasteiger partial charge on any atom is 0.326 e. The van der Waals surface area contributed by atoms with Gasteiger partial charge >= 0.3 is 5.97 Å². The van der Waals surface area contributed by atoms with Gasteiger partial charge in [0.25, 0.3) is 0 Å². The van der Waals surface area contributed by atoms with Gasteiger partial charge in [0.2, 0.25) is 21.8 Å². The Bertz CT molecular complexity index is 885. The number of rotatable bonds is 11. The van der Waals surface area contributed by atoms with E-state index in [9.17, 15) is 27.9 Å². The fraction of sp³-hybridized carbons (Fsp3) is 0.571. The molecule has 0 unspecified atom stereocenters. The van der Waals surface area contributed by atoms with Crippen LogP contribution in [0, 0.1) is 6.92 Å². The van der Waals surface area contributed by atoms with Crippen LogP contribution in [0.4, 0.5) is 0 Å². The fourth-order valence-electron chi connectivity index (χ4n) is 3.43. The second kappa shape index (κ2) is 11.2. The highest BCUT2D eigenvalue weighted by atomic mass is 32.2. The minimum atomic E-state index is -3.88. The smallest absolute Gasteiger partial charge is 0.326 e. The molecule has 2 amide bonds. The number of carbonyl (C=O) groups is 3. The highest BCUT2D eigenvalue weighted by Crippen LogP contribution is 2.26. The zero-order valence-electron chi connectivity index (χ0n) is 18.0. The average Bonchev–Trinajstić information content (AvgIpc) is 3.22. The zero-order valence-corrected chi connectivity index (χ0v) is 18.8. The van der Waals surface area contributed by atoms with E-state index in [1.54, 1.807) is 12.1 Å². The summed E-state index contributed by atoms with van der Waals surface area (Å²) in [5, 5.41) is 14.6. The molecular formula is C21H31N3O6S. The van der Waals surface area contributed by atoms with Crippen LogP contribution in [0.15, 0.2) is 29.2 Å². The van der Waals surface area contributed by atoms with Gasteiger partial charge in [-0.1, -0.05) is 31.0 Å². The summed E-state index contributed by atoms with van der Waals surface area (Å²) < 4.78 is 27.1. The summed E-state index contributed by atoms with van der Waals surface area (Å²) in [4.78, 5) is 36.3. The summed E-state index contributed by atoms with van der Waals surface area (Å²) in [7, 11) is -3.88. The van der Waals surface area contributed by atoms with Crippen LogP contribution in [0.25, 0.3) is 0 Å². The molecule has 0 spiro atoms. The summed E-state index contributed by atoms with van der Waals surface area (Å²) in [5.41, 5.74) is 0.915. The molecule has 1 aromatic rings. The van der Waals surface area contributed by atoms with Crippen LogP contribution in [-0.2, 0) is 24.4 Å². The quantitative estimate of drug-likeness (QED) is 0.434. The molecular weight excluding hydrogens is 422 g/mol. The van der Waals surface area contributed by atoms with E-state index in [0.29, 0.717) is 19.4 Å². The lowest BCUT2D eigenvalue weighted by molar-refractivity contribution is -0.142. The highest BCUT2D eigenvalue weighted by Gasteiger charge is 2.40. The minimum absolute atomic E-state index is 0.0446. The van der Waals surface area contributed by atoms with Crippen LogP contribution in [0.2, 0.25) is 0 Å². The number of aryl methyl sites for hydroxylation is 1. The van der Waals surface area contributed by atoms with Crippen molar-refractivity contribution in [2.75, 3.05) is 13.1 Å². The molecule has 1 aliphatic heterocycles. The Labute approximate surface area is 183 Å². The predicted molar refractivity (Wildman–Crippen MR) is 115 cm³/mol. The molecule has 0 saturated carbocycles. The molecule has 1 aliphatic rings. The van der Waals surface area contributed by atoms with Crippen LogP contribution in [0.5, 0.6) is 0 Å². The van der Waals surface area contributed by atoms with Gasteiger partial charge in [0.1, 0.15) is 12.1 Å². The van der Waals surface area contributed by atoms with Crippen molar-refractivity contribution in [1.82, 2.24) is 14.9 Å². The van der Waals surface area contributed by atoms with Gasteiger partial charge in [0.15, 0.2) is 0 Å². The van der Waals surface area contributed by atoms with E-state index in [4.69, 9.17) is 0 Å². The van der Waals surface area contributed by atoms with Crippen molar-refractivity contribution in [1.29, 1.82) is 0 Å². The van der Waals surface area contributed by atoms with Gasteiger partial charge in [-0.05, 0) is 44.7 Å². The van der Waals surface area contributed by atoms with Crippen molar-refractivity contribution in [3.05, 3.63) is 29.8 Å². The molecule has 10 heteroatoms. The summed E-state index contributed by atoms with van der Waals surface area (Å²) >= 11 is 0. The molecule has 31 heavy (non-hydrogen) atoms. The Balaban J connectivity index is 2.03. The molecule has 2 atom stereocenters. The summed E-state index contributed by atoms with van der Waals surface area (Å²) in [6.45, 7) is 4.55. The van der Waals surface area contributed by atoms with Crippen molar-refractivity contribution in [2.45, 2.75) is 69.4 Å². The van der Waals surface area contributed by atoms with Crippen LogP contribution >= 0.6 is 0 Å². The van der Waals surface area contributed by atoms with Gasteiger partial charge in [0.05, 0.1) is 4.90 Å². The molecule has 1 fully saturated rings. The first-order valence-electron chi connectivity index (χ1n) is 10.5. The third-order valence-electron chi connectivity index (χ3n) is 5.26. The number of carbonyl (C=O) groups excluding carboxylic acids is 2. The number of carboxylic acids is 1. The number of hydrogen-bond acceptors (Lipinski definition) is 5. The first-order chi connectivity index (χ1) is 14.7. The van der Waals surface area contributed by atoms with Gasteiger partial charge in [0, 0.05) is 19.5 Å². The minimum Gasteiger partial charge on any atom is -0.480 e. The molecule has 1 saturated heterocycles. The fourth-order valence-corrected chi connectivity index (χ4v) is 5.09. The standard InChI is InChI=1S/C21H31N3O6S/c1-3-4-13-22-19(25)12-11-17(21(27)28)23-20(26)18-6-5-14-24(18)31(29,30)16-9-7-15(2)8-10-16/h7-10,17-18H,3-6,11-14H2,1-2H3,(H,22,25)(H,23,26)(H,27,28)/t17-,18-/m0/s1. The van der Waals surface area contributed by atoms with Crippen molar-refractivity contribution in [2.24, 2.45) is 0 Å². The number of unbranched alkanes of at least 4 members (excludes halogenated alkanes) is 1. The molecule has 1 heterocycles. The molecule has 1 aromatic carbocycles. The topological polar surface area (TPSA) is 133 Å². The number of benzene rings is 1. The van der Waals surface area contributed by atoms with Crippen LogP contribution in [0.3, 0.4) is 0 Å². The second-order valence-electron chi connectivity index (χ2n) is 7.73. The second-order valence-corrected chi connectivity index (χ2v) is 9.62. The lowest BCUT2D eigenvalue weighted by atomic mass is 10.1. The largest absolute Gasteiger partial charge is 0.480 e. The Morgan fingerprint density at radius 2 is 1.90 bits per heavy atom. The maximum atomic E-state index is 13.0. The summed E-state index contributed by atoms with van der Waals surface area (Å²) in [6.07, 6.45) is 2.45. The molecule has 0 bridgehead atoms. The van der Waals surface area contributed by atoms with Gasteiger partial charge in [-0.15, -0.1) is 0 Å². The highest BCUT2D eigenvalue weighted by molar-refractivity contribution is 7.89. The van der Waals surface area contributed by atoms with Gasteiger partial charge in [-0.2, -0.15) is 4.31 Å². The molecule has 0 aromatic heterocycles. The predicted octanol–water partition coefficient (Wildman–Crippen LogP) is 1.41. The summed E-state index contributed by atoms with van der Waals surface area (Å²) in [5.74, 6) is -2.20. The third kappa shape index (κ3) is 6.76. The molecule has 0 radical (unpaired) electrons. The summed E-state index contributed by atoms with van der Waals surface area (Å²) in [6, 6.07) is 4.11. The van der Waals surface area contributed by atoms with E-state index in [-0.39, 0.29) is 30.2 Å². The number of sulfonamides is 1. The molecule has 2 rings (SSSR count). The molecule has 9 nitrogen and oxygen atoms in total. The lowest BCUT2D eigenvalue weighted by Gasteiger charge is -2.25. The first kappa shape index (κ1) is 24.8. The Kier molecular flexibility index (Phi) is 9.00. The number of aliphatic carboxylic acids is 1. The molecule has 172 valence electrons. The number of nitrogens with one attached hydrogen (secondary N) is 2. The molecule has 3 N–H and O–H groups in total. The number of nitrogens with zero attached hydrogens (tertiary/aromatic N) is 1. The number of hydrogen-bond donors (Lipinski definition) is 3. The maximum absolute atomic E-state index is 13.0. The average molecular weight is 454 g/mol. The van der Waals surface area contributed by atoms with E-state index in [2.05, 4.69) is 10.6 Å². The van der Waals surface area contributed by atoms with E-state index < -0.39 is 34.0 Å². The van der Waals surface area contributed by atoms with Crippen molar-refractivity contribution < 1.29 is 27.9 Å². The van der Waals surface area contributed by atoms with Crippen LogP contribution in [-0.4, -0.2) is 60.8 Å². The lowest BCUT2D eigenvalue weighted by Crippen LogP contribution is -2.51. The van der Waals surface area contributed by atoms with Crippen molar-refractivity contribution in [3.8, 4) is 0 Å². The Morgan fingerprint density at radius 1 is 1.23 bits per heavy atom. The van der Waals surface area contributed by atoms with E-state index in [1.807, 2.05) is 13.8 Å². The van der Waals surface area contributed by atoms with E-state index in [1.165, 1.54) is 12.1 Å². The van der Waals surface area contributed by atoms with Crippen molar-refractivity contribution in [3.63, 3.8) is 0 Å². The van der Waals surface area contributed by atoms with Gasteiger partial charge < -0.3 is 15.7 Å². The number of amides is 2. The van der Waals surface area contributed by atoms with Crippen LogP contribution < -0.4 is 10.6 Å². The van der Waals surface area contributed by atoms with Crippen molar-refractivity contribution >= 4 is 27.8 Å². The van der Waals surface area contributed by atoms with E-state index >= 15 is 0 Å². The normalized spacial score (nSPS) is 17.8. The Morgan fingerprint density at radius 3 is 2.52 bits per heavy atom. The first-order valence-corrected chi connectivity index (χ1v) is 12.0. The zero-order chi connectivity index (χ0) is 23.0. The Hall–Kier alpha value is -2.46. The third-order valence-corrected chi connectivity index (χ3v) is 7.18. The monoisotopic (exact) mass is 453 g/mol. The number of carboxylic acid groups (broad SMARTS) is 1.